The first-order valence-corrected chi connectivity index (χ1v) is 30.3. The van der Waals surface area contributed by atoms with E-state index in [1.807, 2.05) is 0 Å². The van der Waals surface area contributed by atoms with Crippen LogP contribution in [0.3, 0.4) is 0 Å². The number of phosphoric acid groups is 1. The minimum atomic E-state index is -4.39. The van der Waals surface area contributed by atoms with E-state index in [-0.39, 0.29) is 32.6 Å². The van der Waals surface area contributed by atoms with Crippen LogP contribution in [0.25, 0.3) is 0 Å². The molecule has 0 amide bonds. The average molecular weight is 990 g/mol. The molecule has 0 heterocycles. The van der Waals surface area contributed by atoms with Crippen molar-refractivity contribution in [1.29, 1.82) is 0 Å². The second-order valence-electron chi connectivity index (χ2n) is 19.2. The molecule has 0 saturated carbocycles. The summed E-state index contributed by atoms with van der Waals surface area (Å²) in [6.07, 6.45) is 68.6. The maximum Gasteiger partial charge on any atom is 0.472 e. The van der Waals surface area contributed by atoms with E-state index in [9.17, 15) is 19.0 Å². The number of rotatable bonds is 54. The molecule has 9 nitrogen and oxygen atoms in total. The SMILES string of the molecule is CCCCC/C=C\C/C=C\CCCCCCCC(=O)OCC(COP(=O)(O)OCCN)OC(=O)CCCCCCCCCCCCCCCCCCCC/C=C\C/C=C\C/C=C\CCCCCCC. The molecule has 402 valence electrons. The van der Waals surface area contributed by atoms with E-state index >= 15 is 0 Å². The van der Waals surface area contributed by atoms with Gasteiger partial charge in [-0.05, 0) is 83.5 Å². The summed E-state index contributed by atoms with van der Waals surface area (Å²) in [4.78, 5) is 35.1. The van der Waals surface area contributed by atoms with Gasteiger partial charge in [0.15, 0.2) is 6.10 Å². The highest BCUT2D eigenvalue weighted by Gasteiger charge is 2.26. The van der Waals surface area contributed by atoms with E-state index in [2.05, 4.69) is 74.6 Å². The predicted octanol–water partition coefficient (Wildman–Crippen LogP) is 18.0. The molecule has 0 rings (SSSR count). The quantitative estimate of drug-likeness (QED) is 0.0264. The molecule has 0 aromatic heterocycles. The largest absolute Gasteiger partial charge is 0.472 e. The first kappa shape index (κ1) is 66.7. The molecule has 0 spiro atoms. The van der Waals surface area contributed by atoms with E-state index in [1.54, 1.807) is 0 Å². The Morgan fingerprint density at radius 2 is 0.754 bits per heavy atom. The van der Waals surface area contributed by atoms with Gasteiger partial charge in [-0.3, -0.25) is 18.6 Å². The van der Waals surface area contributed by atoms with Crippen molar-refractivity contribution in [2.75, 3.05) is 26.4 Å². The lowest BCUT2D eigenvalue weighted by atomic mass is 10.0. The van der Waals surface area contributed by atoms with Crippen LogP contribution in [0.4, 0.5) is 0 Å². The van der Waals surface area contributed by atoms with Gasteiger partial charge in [0.05, 0.1) is 13.2 Å². The Morgan fingerprint density at radius 3 is 1.14 bits per heavy atom. The second-order valence-corrected chi connectivity index (χ2v) is 20.6. The van der Waals surface area contributed by atoms with Gasteiger partial charge in [0.25, 0.3) is 0 Å². The summed E-state index contributed by atoms with van der Waals surface area (Å²) in [7, 11) is -4.39. The Labute approximate surface area is 425 Å². The summed E-state index contributed by atoms with van der Waals surface area (Å²) < 4.78 is 33.0. The fourth-order valence-electron chi connectivity index (χ4n) is 8.09. The molecule has 3 N–H and O–H groups in total. The Morgan fingerprint density at radius 1 is 0.435 bits per heavy atom. The summed E-state index contributed by atoms with van der Waals surface area (Å²) in [5, 5.41) is 0. The molecule has 0 aliphatic rings. The van der Waals surface area contributed by atoms with Gasteiger partial charge < -0.3 is 20.1 Å². The molecule has 0 aromatic rings. The monoisotopic (exact) mass is 990 g/mol. The van der Waals surface area contributed by atoms with Crippen LogP contribution in [0.15, 0.2) is 60.8 Å². The molecular formula is C59H108NO8P. The van der Waals surface area contributed by atoms with Crippen LogP contribution >= 0.6 is 7.82 Å². The predicted molar refractivity (Wildman–Crippen MR) is 293 cm³/mol. The third-order valence-corrected chi connectivity index (χ3v) is 13.4. The van der Waals surface area contributed by atoms with Gasteiger partial charge in [-0.1, -0.05) is 235 Å². The van der Waals surface area contributed by atoms with Crippen LogP contribution in [-0.4, -0.2) is 49.3 Å². The number of hydrogen-bond acceptors (Lipinski definition) is 8. The van der Waals surface area contributed by atoms with Gasteiger partial charge in [-0.2, -0.15) is 0 Å². The van der Waals surface area contributed by atoms with Crippen LogP contribution < -0.4 is 5.73 Å². The van der Waals surface area contributed by atoms with Crippen molar-refractivity contribution in [1.82, 2.24) is 0 Å². The molecule has 0 fully saturated rings. The van der Waals surface area contributed by atoms with E-state index in [0.717, 1.165) is 70.6 Å². The third-order valence-electron chi connectivity index (χ3n) is 12.4. The summed E-state index contributed by atoms with van der Waals surface area (Å²) in [5.41, 5.74) is 5.37. The zero-order valence-corrected chi connectivity index (χ0v) is 45.7. The molecule has 2 unspecified atom stereocenters. The summed E-state index contributed by atoms with van der Waals surface area (Å²) >= 11 is 0. The number of allylic oxidation sites excluding steroid dienone is 10. The van der Waals surface area contributed by atoms with Crippen LogP contribution in [0.2, 0.25) is 0 Å². The molecule has 69 heavy (non-hydrogen) atoms. The van der Waals surface area contributed by atoms with Crippen LogP contribution in [0.1, 0.15) is 271 Å². The zero-order valence-electron chi connectivity index (χ0n) is 44.8. The number of phosphoric ester groups is 1. The van der Waals surface area contributed by atoms with Crippen molar-refractivity contribution in [3.63, 3.8) is 0 Å². The number of carbonyl (C=O) groups excluding carboxylic acids is 2. The highest BCUT2D eigenvalue weighted by atomic mass is 31.2. The van der Waals surface area contributed by atoms with E-state index < -0.39 is 32.5 Å². The number of nitrogens with two attached hydrogens (primary N) is 1. The summed E-state index contributed by atoms with van der Waals surface area (Å²) in [6, 6.07) is 0. The van der Waals surface area contributed by atoms with E-state index in [1.165, 1.54) is 161 Å². The van der Waals surface area contributed by atoms with Crippen LogP contribution in [-0.2, 0) is 32.7 Å². The van der Waals surface area contributed by atoms with Crippen molar-refractivity contribution >= 4 is 19.8 Å². The smallest absolute Gasteiger partial charge is 0.462 e. The first-order valence-electron chi connectivity index (χ1n) is 28.8. The molecule has 10 heteroatoms. The van der Waals surface area contributed by atoms with E-state index in [4.69, 9.17) is 24.3 Å². The number of ether oxygens (including phenoxy) is 2. The van der Waals surface area contributed by atoms with Gasteiger partial charge in [0.1, 0.15) is 6.61 Å². The molecule has 0 radical (unpaired) electrons. The third kappa shape index (κ3) is 54.9. The lowest BCUT2D eigenvalue weighted by Gasteiger charge is -2.19. The minimum Gasteiger partial charge on any atom is -0.462 e. The Hall–Kier alpha value is -2.29. The topological polar surface area (TPSA) is 134 Å². The van der Waals surface area contributed by atoms with Gasteiger partial charge >= 0.3 is 19.8 Å². The van der Waals surface area contributed by atoms with Crippen molar-refractivity contribution in [2.45, 2.75) is 277 Å². The van der Waals surface area contributed by atoms with Crippen molar-refractivity contribution in [3.05, 3.63) is 60.8 Å². The molecule has 0 aliphatic carbocycles. The number of unbranched alkanes of at least 4 members (excludes halogenated alkanes) is 31. The molecule has 0 bridgehead atoms. The standard InChI is InChI=1S/C59H108NO8P/c1-3-5-7-9-11-13-15-17-19-20-21-22-23-24-25-26-27-28-29-30-31-32-33-34-35-36-38-40-42-44-46-48-50-52-59(62)68-57(56-67-69(63,64)66-54-53-60)55-65-58(61)51-49-47-45-43-41-39-37-18-16-14-12-10-8-6-4-2/h12,14-15,17-18,20-21,23-24,37,57H,3-11,13,16,19,22,25-36,38-56,60H2,1-2H3,(H,63,64)/b14-12-,17-15-,21-20-,24-23-,37-18-. The lowest BCUT2D eigenvalue weighted by Crippen LogP contribution is -2.29. The average Bonchev–Trinajstić information content (AvgIpc) is 3.34. The Bertz CT molecular complexity index is 1310. The highest BCUT2D eigenvalue weighted by molar-refractivity contribution is 7.47. The molecule has 0 aromatic carbocycles. The fourth-order valence-corrected chi connectivity index (χ4v) is 8.85. The van der Waals surface area contributed by atoms with Crippen LogP contribution in [0, 0.1) is 0 Å². The van der Waals surface area contributed by atoms with Gasteiger partial charge in [0, 0.05) is 19.4 Å². The van der Waals surface area contributed by atoms with Gasteiger partial charge in [0.2, 0.25) is 0 Å². The number of hydrogen-bond donors (Lipinski definition) is 2. The molecule has 0 saturated heterocycles. The normalized spacial score (nSPS) is 13.5. The van der Waals surface area contributed by atoms with Crippen LogP contribution in [0.5, 0.6) is 0 Å². The Balaban J connectivity index is 3.89. The maximum absolute atomic E-state index is 12.7. The van der Waals surface area contributed by atoms with E-state index in [0.29, 0.717) is 12.8 Å². The second kappa shape index (κ2) is 55.0. The summed E-state index contributed by atoms with van der Waals surface area (Å²) in [6.45, 7) is 3.71. The molecule has 2 atom stereocenters. The van der Waals surface area contributed by atoms with Crippen molar-refractivity contribution < 1.29 is 37.6 Å². The highest BCUT2D eigenvalue weighted by Crippen LogP contribution is 2.43. The van der Waals surface area contributed by atoms with Crippen molar-refractivity contribution in [3.8, 4) is 0 Å². The first-order chi connectivity index (χ1) is 33.8. The maximum atomic E-state index is 12.7. The Kier molecular flexibility index (Phi) is 53.2. The number of carbonyl (C=O) groups is 2. The zero-order chi connectivity index (χ0) is 50.2. The lowest BCUT2D eigenvalue weighted by molar-refractivity contribution is -0.161. The van der Waals surface area contributed by atoms with Crippen molar-refractivity contribution in [2.24, 2.45) is 5.73 Å². The fraction of sp³-hybridized carbons (Fsp3) is 0.797. The number of esters is 2. The van der Waals surface area contributed by atoms with Gasteiger partial charge in [-0.15, -0.1) is 0 Å². The van der Waals surface area contributed by atoms with Gasteiger partial charge in [-0.25, -0.2) is 4.57 Å². The summed E-state index contributed by atoms with van der Waals surface area (Å²) in [5.74, 6) is -0.837. The minimum absolute atomic E-state index is 0.0507. The molecular weight excluding hydrogens is 882 g/mol. The molecule has 0 aliphatic heterocycles.